The molecule has 0 aliphatic carbocycles. The summed E-state index contributed by atoms with van der Waals surface area (Å²) in [6.45, 7) is 8.99. The lowest BCUT2D eigenvalue weighted by atomic mass is 9.89. The van der Waals surface area contributed by atoms with Crippen LogP contribution in [-0.2, 0) is 4.74 Å². The molecule has 0 aromatic carbocycles. The first-order chi connectivity index (χ1) is 12.7. The van der Waals surface area contributed by atoms with Gasteiger partial charge in [0.2, 0.25) is 0 Å². The summed E-state index contributed by atoms with van der Waals surface area (Å²) in [7, 11) is 0. The van der Waals surface area contributed by atoms with E-state index in [1.165, 1.54) is 0 Å². The molecule has 0 saturated carbocycles. The van der Waals surface area contributed by atoms with E-state index >= 15 is 0 Å². The molecule has 9 heteroatoms. The van der Waals surface area contributed by atoms with Gasteiger partial charge in [0.25, 0.3) is 0 Å². The predicted molar refractivity (Wildman–Crippen MR) is 102 cm³/mol. The van der Waals surface area contributed by atoms with Crippen LogP contribution in [-0.4, -0.2) is 50.8 Å². The lowest BCUT2D eigenvalue weighted by molar-refractivity contribution is 0.0465. The van der Waals surface area contributed by atoms with Gasteiger partial charge in [-0.15, -0.1) is 5.10 Å². The van der Waals surface area contributed by atoms with E-state index in [-0.39, 0.29) is 18.0 Å². The highest BCUT2D eigenvalue weighted by Crippen LogP contribution is 2.33. The van der Waals surface area contributed by atoms with Gasteiger partial charge in [0.1, 0.15) is 5.60 Å². The number of rotatable bonds is 3. The van der Waals surface area contributed by atoms with Crippen molar-refractivity contribution >= 4 is 17.5 Å². The normalized spacial score (nSPS) is 23.1. The van der Waals surface area contributed by atoms with Crippen molar-refractivity contribution in [2.75, 3.05) is 23.7 Å². The minimum atomic E-state index is -0.567. The summed E-state index contributed by atoms with van der Waals surface area (Å²) in [5, 5.41) is 11.1. The number of hydrogen-bond acceptors (Lipinski definition) is 7. The first kappa shape index (κ1) is 18.9. The SMILES string of the molecule is CC1CN(c2ccncc2N)CC(NC(=O)OC(C)(C)C)C1n1ccnn1. The molecule has 1 saturated heterocycles. The number of aromatic nitrogens is 4. The number of amides is 1. The number of nitrogens with one attached hydrogen (secondary N) is 1. The Labute approximate surface area is 158 Å². The smallest absolute Gasteiger partial charge is 0.408 e. The number of anilines is 2. The Bertz CT molecular complexity index is 772. The summed E-state index contributed by atoms with van der Waals surface area (Å²) in [6.07, 6.45) is 6.37. The zero-order valence-corrected chi connectivity index (χ0v) is 16.2. The third kappa shape index (κ3) is 4.47. The monoisotopic (exact) mass is 373 g/mol. The van der Waals surface area contributed by atoms with E-state index in [0.29, 0.717) is 12.2 Å². The minimum absolute atomic E-state index is 0.0423. The molecular formula is C18H27N7O2. The number of carbonyl (C=O) groups is 1. The Hall–Kier alpha value is -2.84. The molecule has 3 atom stereocenters. The molecule has 2 aromatic heterocycles. The van der Waals surface area contributed by atoms with Crippen molar-refractivity contribution in [3.8, 4) is 0 Å². The summed E-state index contributed by atoms with van der Waals surface area (Å²) < 4.78 is 7.26. The van der Waals surface area contributed by atoms with Gasteiger partial charge < -0.3 is 20.7 Å². The summed E-state index contributed by atoms with van der Waals surface area (Å²) >= 11 is 0. The van der Waals surface area contributed by atoms with Crippen LogP contribution in [0.25, 0.3) is 0 Å². The number of ether oxygens (including phenoxy) is 1. The molecule has 1 aliphatic heterocycles. The zero-order chi connectivity index (χ0) is 19.6. The summed E-state index contributed by atoms with van der Waals surface area (Å²) in [5.74, 6) is 0.188. The van der Waals surface area contributed by atoms with Crippen molar-refractivity contribution in [3.63, 3.8) is 0 Å². The maximum absolute atomic E-state index is 12.4. The van der Waals surface area contributed by atoms with Gasteiger partial charge in [0, 0.05) is 25.5 Å². The Kier molecular flexibility index (Phi) is 5.20. The maximum atomic E-state index is 12.4. The van der Waals surface area contributed by atoms with Gasteiger partial charge in [-0.05, 0) is 32.8 Å². The Morgan fingerprint density at radius 3 is 2.74 bits per heavy atom. The fourth-order valence-corrected chi connectivity index (χ4v) is 3.57. The second-order valence-electron chi connectivity index (χ2n) is 7.94. The highest BCUT2D eigenvalue weighted by atomic mass is 16.6. The molecule has 2 aromatic rings. The summed E-state index contributed by atoms with van der Waals surface area (Å²) in [5.41, 5.74) is 7.06. The third-order valence-electron chi connectivity index (χ3n) is 4.54. The number of hydrogen-bond donors (Lipinski definition) is 2. The summed E-state index contributed by atoms with van der Waals surface area (Å²) in [4.78, 5) is 18.6. The molecule has 0 radical (unpaired) electrons. The molecule has 3 N–H and O–H groups in total. The molecule has 9 nitrogen and oxygen atoms in total. The van der Waals surface area contributed by atoms with Crippen molar-refractivity contribution in [1.29, 1.82) is 0 Å². The molecule has 0 bridgehead atoms. The van der Waals surface area contributed by atoms with E-state index in [9.17, 15) is 4.79 Å². The van der Waals surface area contributed by atoms with Gasteiger partial charge in [-0.25, -0.2) is 9.48 Å². The number of alkyl carbamates (subject to hydrolysis) is 1. The maximum Gasteiger partial charge on any atom is 0.408 e. The predicted octanol–water partition coefficient (Wildman–Crippen LogP) is 1.85. The van der Waals surface area contributed by atoms with E-state index in [4.69, 9.17) is 10.5 Å². The van der Waals surface area contributed by atoms with E-state index in [0.717, 1.165) is 12.2 Å². The minimum Gasteiger partial charge on any atom is -0.444 e. The quantitative estimate of drug-likeness (QED) is 0.844. The molecule has 1 fully saturated rings. The molecule has 3 heterocycles. The Balaban J connectivity index is 1.85. The number of pyridine rings is 1. The standard InChI is InChI=1S/C18H27N7O2/c1-12-10-24(15-5-6-20-9-13(15)19)11-14(16(12)25-8-7-21-23-25)22-17(26)27-18(2,3)4/h5-9,12,14,16H,10-11,19H2,1-4H3,(H,22,26). The van der Waals surface area contributed by atoms with Gasteiger partial charge >= 0.3 is 6.09 Å². The fraction of sp³-hybridized carbons (Fsp3) is 0.556. The van der Waals surface area contributed by atoms with Crippen LogP contribution in [0.4, 0.5) is 16.2 Å². The van der Waals surface area contributed by atoms with Gasteiger partial charge in [0.05, 0.1) is 35.9 Å². The van der Waals surface area contributed by atoms with Crippen LogP contribution in [0, 0.1) is 5.92 Å². The number of carbonyl (C=O) groups excluding carboxylic acids is 1. The van der Waals surface area contributed by atoms with E-state index < -0.39 is 11.7 Å². The second-order valence-corrected chi connectivity index (χ2v) is 7.94. The largest absolute Gasteiger partial charge is 0.444 e. The second kappa shape index (κ2) is 7.42. The average Bonchev–Trinajstić information content (AvgIpc) is 3.07. The topological polar surface area (TPSA) is 111 Å². The Morgan fingerprint density at radius 2 is 2.11 bits per heavy atom. The van der Waals surface area contributed by atoms with E-state index in [1.54, 1.807) is 23.3 Å². The molecular weight excluding hydrogens is 346 g/mol. The van der Waals surface area contributed by atoms with Crippen LogP contribution in [0.5, 0.6) is 0 Å². The van der Waals surface area contributed by atoms with Gasteiger partial charge in [-0.2, -0.15) is 0 Å². The fourth-order valence-electron chi connectivity index (χ4n) is 3.57. The number of nitrogen functional groups attached to an aromatic ring is 1. The average molecular weight is 373 g/mol. The molecule has 3 unspecified atom stereocenters. The first-order valence-electron chi connectivity index (χ1n) is 9.04. The van der Waals surface area contributed by atoms with Crippen molar-refractivity contribution in [2.24, 2.45) is 5.92 Å². The van der Waals surface area contributed by atoms with Gasteiger partial charge in [-0.3, -0.25) is 4.98 Å². The molecule has 146 valence electrons. The molecule has 1 amide bonds. The van der Waals surface area contributed by atoms with Crippen LogP contribution in [0.3, 0.4) is 0 Å². The van der Waals surface area contributed by atoms with Crippen molar-refractivity contribution in [3.05, 3.63) is 30.9 Å². The molecule has 3 rings (SSSR count). The molecule has 27 heavy (non-hydrogen) atoms. The lowest BCUT2D eigenvalue weighted by Gasteiger charge is -2.43. The van der Waals surface area contributed by atoms with Gasteiger partial charge in [0.15, 0.2) is 0 Å². The van der Waals surface area contributed by atoms with Crippen molar-refractivity contribution in [2.45, 2.75) is 45.4 Å². The van der Waals surface area contributed by atoms with Crippen LogP contribution in [0.15, 0.2) is 30.9 Å². The van der Waals surface area contributed by atoms with E-state index in [1.807, 2.05) is 33.0 Å². The summed E-state index contributed by atoms with van der Waals surface area (Å²) in [6, 6.07) is 1.62. The molecule has 0 spiro atoms. The highest BCUT2D eigenvalue weighted by molar-refractivity contribution is 5.69. The van der Waals surface area contributed by atoms with Crippen molar-refractivity contribution < 1.29 is 9.53 Å². The first-order valence-corrected chi connectivity index (χ1v) is 9.04. The number of nitrogens with zero attached hydrogens (tertiary/aromatic N) is 5. The Morgan fingerprint density at radius 1 is 1.33 bits per heavy atom. The number of nitrogens with two attached hydrogens (primary N) is 1. The highest BCUT2D eigenvalue weighted by Gasteiger charge is 2.38. The van der Waals surface area contributed by atoms with Crippen molar-refractivity contribution in [1.82, 2.24) is 25.3 Å². The molecule has 1 aliphatic rings. The van der Waals surface area contributed by atoms with Crippen LogP contribution in [0.2, 0.25) is 0 Å². The number of piperidine rings is 1. The van der Waals surface area contributed by atoms with Crippen LogP contribution in [0.1, 0.15) is 33.7 Å². The van der Waals surface area contributed by atoms with E-state index in [2.05, 4.69) is 32.4 Å². The van der Waals surface area contributed by atoms with Crippen LogP contribution >= 0.6 is 0 Å². The zero-order valence-electron chi connectivity index (χ0n) is 16.2. The lowest BCUT2D eigenvalue weighted by Crippen LogP contribution is -2.57. The third-order valence-corrected chi connectivity index (χ3v) is 4.54. The van der Waals surface area contributed by atoms with Gasteiger partial charge in [-0.1, -0.05) is 12.1 Å². The van der Waals surface area contributed by atoms with Crippen LogP contribution < -0.4 is 16.0 Å².